The molecule has 0 unspecified atom stereocenters. The van der Waals surface area contributed by atoms with Crippen molar-refractivity contribution >= 4 is 23.2 Å². The Labute approximate surface area is 165 Å². The molecule has 0 fully saturated rings. The summed E-state index contributed by atoms with van der Waals surface area (Å²) in [5.41, 5.74) is 2.68. The molecular formula is C22H26N2O4. The molecule has 6 nitrogen and oxygen atoms in total. The maximum atomic E-state index is 12.7. The van der Waals surface area contributed by atoms with Gasteiger partial charge >= 0.3 is 0 Å². The molecule has 1 aliphatic heterocycles. The Bertz CT molecular complexity index is 893. The highest BCUT2D eigenvalue weighted by molar-refractivity contribution is 6.05. The predicted molar refractivity (Wildman–Crippen MR) is 109 cm³/mol. The number of rotatable bonds is 4. The summed E-state index contributed by atoms with van der Waals surface area (Å²) in [6.45, 7) is 6.43. The van der Waals surface area contributed by atoms with E-state index in [4.69, 9.17) is 9.47 Å². The number of ether oxygens (including phenoxy) is 2. The lowest BCUT2D eigenvalue weighted by Crippen LogP contribution is -2.38. The quantitative estimate of drug-likeness (QED) is 0.871. The number of benzene rings is 2. The second kappa shape index (κ2) is 7.54. The van der Waals surface area contributed by atoms with Crippen LogP contribution in [0.25, 0.3) is 0 Å². The third-order valence-electron chi connectivity index (χ3n) is 4.73. The highest BCUT2D eigenvalue weighted by Crippen LogP contribution is 2.34. The van der Waals surface area contributed by atoms with Crippen LogP contribution in [0.1, 0.15) is 36.7 Å². The maximum Gasteiger partial charge on any atom is 0.255 e. The molecule has 0 spiro atoms. The minimum Gasteiger partial charge on any atom is -0.497 e. The van der Waals surface area contributed by atoms with Crippen molar-refractivity contribution in [1.82, 2.24) is 0 Å². The topological polar surface area (TPSA) is 67.9 Å². The molecule has 28 heavy (non-hydrogen) atoms. The molecule has 6 heteroatoms. The number of anilines is 2. The van der Waals surface area contributed by atoms with Crippen LogP contribution in [0.15, 0.2) is 36.4 Å². The second-order valence-corrected chi connectivity index (χ2v) is 7.86. The van der Waals surface area contributed by atoms with Crippen molar-refractivity contribution in [1.29, 1.82) is 0 Å². The van der Waals surface area contributed by atoms with Crippen molar-refractivity contribution in [2.24, 2.45) is 5.41 Å². The fraction of sp³-hybridized carbons (Fsp3) is 0.364. The molecule has 0 aliphatic carbocycles. The summed E-state index contributed by atoms with van der Waals surface area (Å²) in [6.07, 6.45) is 0.772. The first kappa shape index (κ1) is 19.7. The van der Waals surface area contributed by atoms with Crippen LogP contribution >= 0.6 is 0 Å². The van der Waals surface area contributed by atoms with Gasteiger partial charge in [0.15, 0.2) is 0 Å². The van der Waals surface area contributed by atoms with E-state index in [1.54, 1.807) is 32.4 Å². The predicted octanol–water partition coefficient (Wildman–Crippen LogP) is 3.89. The second-order valence-electron chi connectivity index (χ2n) is 7.86. The van der Waals surface area contributed by atoms with Crippen LogP contribution in [0.2, 0.25) is 0 Å². The highest BCUT2D eigenvalue weighted by Gasteiger charge is 2.32. The van der Waals surface area contributed by atoms with Crippen molar-refractivity contribution < 1.29 is 19.1 Å². The number of nitrogens with one attached hydrogen (secondary N) is 1. The third-order valence-corrected chi connectivity index (χ3v) is 4.73. The fourth-order valence-electron chi connectivity index (χ4n) is 3.24. The summed E-state index contributed by atoms with van der Waals surface area (Å²) in [6, 6.07) is 10.7. The van der Waals surface area contributed by atoms with Gasteiger partial charge in [-0.1, -0.05) is 20.8 Å². The van der Waals surface area contributed by atoms with Gasteiger partial charge in [-0.25, -0.2) is 0 Å². The maximum absolute atomic E-state index is 12.7. The highest BCUT2D eigenvalue weighted by atomic mass is 16.5. The van der Waals surface area contributed by atoms with E-state index >= 15 is 0 Å². The number of carbonyl (C=O) groups excluding carboxylic acids is 2. The van der Waals surface area contributed by atoms with E-state index in [1.165, 1.54) is 0 Å². The minimum atomic E-state index is -0.431. The van der Waals surface area contributed by atoms with Gasteiger partial charge in [-0.3, -0.25) is 9.59 Å². The van der Waals surface area contributed by atoms with E-state index in [0.717, 1.165) is 17.7 Å². The molecule has 3 rings (SSSR count). The number of methoxy groups -OCH3 is 2. The minimum absolute atomic E-state index is 0.103. The molecule has 0 aromatic heterocycles. The van der Waals surface area contributed by atoms with Crippen LogP contribution in [-0.2, 0) is 11.2 Å². The molecule has 2 amide bonds. The Balaban J connectivity index is 1.80. The largest absolute Gasteiger partial charge is 0.497 e. The van der Waals surface area contributed by atoms with Gasteiger partial charge in [-0.2, -0.15) is 0 Å². The van der Waals surface area contributed by atoms with E-state index in [0.29, 0.717) is 29.3 Å². The number of nitrogens with zero attached hydrogens (tertiary/aromatic N) is 1. The molecule has 2 aromatic carbocycles. The van der Waals surface area contributed by atoms with E-state index in [-0.39, 0.29) is 11.8 Å². The molecule has 1 N–H and O–H groups in total. The summed E-state index contributed by atoms with van der Waals surface area (Å²) >= 11 is 0. The van der Waals surface area contributed by atoms with Crippen LogP contribution in [0.5, 0.6) is 11.5 Å². The number of fused-ring (bicyclic) bond motifs is 1. The van der Waals surface area contributed by atoms with Gasteiger partial charge in [0.05, 0.1) is 14.2 Å². The van der Waals surface area contributed by atoms with Crippen LogP contribution in [-0.4, -0.2) is 32.6 Å². The lowest BCUT2D eigenvalue weighted by Gasteiger charge is -2.26. The smallest absolute Gasteiger partial charge is 0.255 e. The van der Waals surface area contributed by atoms with Crippen LogP contribution in [0, 0.1) is 5.41 Å². The van der Waals surface area contributed by atoms with E-state index < -0.39 is 5.41 Å². The molecule has 0 saturated carbocycles. The van der Waals surface area contributed by atoms with Crippen molar-refractivity contribution in [3.05, 3.63) is 47.5 Å². The van der Waals surface area contributed by atoms with Crippen LogP contribution < -0.4 is 19.7 Å². The molecule has 1 aliphatic rings. The van der Waals surface area contributed by atoms with Gasteiger partial charge in [0.25, 0.3) is 5.91 Å². The van der Waals surface area contributed by atoms with Gasteiger partial charge in [0.2, 0.25) is 5.91 Å². The van der Waals surface area contributed by atoms with Gasteiger partial charge in [-0.15, -0.1) is 0 Å². The lowest BCUT2D eigenvalue weighted by atomic mass is 9.94. The summed E-state index contributed by atoms with van der Waals surface area (Å²) < 4.78 is 10.4. The molecular weight excluding hydrogens is 356 g/mol. The summed E-state index contributed by atoms with van der Waals surface area (Å²) in [5, 5.41) is 2.91. The molecule has 148 valence electrons. The normalized spacial score (nSPS) is 13.1. The van der Waals surface area contributed by atoms with Crippen LogP contribution in [0.3, 0.4) is 0 Å². The molecule has 1 heterocycles. The Kier molecular flexibility index (Phi) is 5.31. The first-order chi connectivity index (χ1) is 13.2. The number of hydrogen-bond donors (Lipinski definition) is 1. The molecule has 2 aromatic rings. The Morgan fingerprint density at radius 3 is 2.21 bits per heavy atom. The summed E-state index contributed by atoms with van der Waals surface area (Å²) in [4.78, 5) is 27.1. The van der Waals surface area contributed by atoms with Crippen molar-refractivity contribution in [2.75, 3.05) is 31.0 Å². The standard InChI is InChI=1S/C22H26N2O4/c1-22(2,3)21(26)24-9-8-14-10-16(6-7-19(14)24)23-20(25)15-11-17(27-4)13-18(12-15)28-5/h6-7,10-13H,8-9H2,1-5H3,(H,23,25). The zero-order valence-electron chi connectivity index (χ0n) is 17.0. The number of amides is 2. The average molecular weight is 382 g/mol. The molecule has 0 radical (unpaired) electrons. The summed E-state index contributed by atoms with van der Waals surface area (Å²) in [5.74, 6) is 0.953. The van der Waals surface area contributed by atoms with E-state index in [1.807, 2.05) is 43.9 Å². The van der Waals surface area contributed by atoms with Gasteiger partial charge in [0, 0.05) is 35.0 Å². The van der Waals surface area contributed by atoms with Crippen molar-refractivity contribution in [2.45, 2.75) is 27.2 Å². The van der Waals surface area contributed by atoms with Gasteiger partial charge < -0.3 is 19.7 Å². The number of hydrogen-bond acceptors (Lipinski definition) is 4. The Morgan fingerprint density at radius 1 is 1.00 bits per heavy atom. The molecule has 0 bridgehead atoms. The average Bonchev–Trinajstić information content (AvgIpc) is 3.09. The van der Waals surface area contributed by atoms with Crippen molar-refractivity contribution in [3.8, 4) is 11.5 Å². The first-order valence-electron chi connectivity index (χ1n) is 9.22. The third kappa shape index (κ3) is 3.96. The van der Waals surface area contributed by atoms with Gasteiger partial charge in [-0.05, 0) is 42.3 Å². The molecule has 0 saturated heterocycles. The zero-order chi connectivity index (χ0) is 20.5. The SMILES string of the molecule is COc1cc(OC)cc(C(=O)Nc2ccc3c(c2)CCN3C(=O)C(C)(C)C)c1. The monoisotopic (exact) mass is 382 g/mol. The number of carbonyl (C=O) groups is 2. The van der Waals surface area contributed by atoms with Gasteiger partial charge in [0.1, 0.15) is 11.5 Å². The van der Waals surface area contributed by atoms with Crippen molar-refractivity contribution in [3.63, 3.8) is 0 Å². The Hall–Kier alpha value is -3.02. The first-order valence-corrected chi connectivity index (χ1v) is 9.22. The van der Waals surface area contributed by atoms with Crippen LogP contribution in [0.4, 0.5) is 11.4 Å². The summed E-state index contributed by atoms with van der Waals surface area (Å²) in [7, 11) is 3.09. The van der Waals surface area contributed by atoms with E-state index in [2.05, 4.69) is 5.32 Å². The lowest BCUT2D eigenvalue weighted by molar-refractivity contribution is -0.125. The van der Waals surface area contributed by atoms with E-state index in [9.17, 15) is 9.59 Å². The zero-order valence-corrected chi connectivity index (χ0v) is 17.0. The molecule has 0 atom stereocenters. The fourth-order valence-corrected chi connectivity index (χ4v) is 3.24. The Morgan fingerprint density at radius 2 is 1.64 bits per heavy atom.